The summed E-state index contributed by atoms with van der Waals surface area (Å²) in [6.45, 7) is 4.43. The maximum atomic E-state index is 11.8. The smallest absolute Gasteiger partial charge is 0.251 e. The average molecular weight is 286 g/mol. The summed E-state index contributed by atoms with van der Waals surface area (Å²) in [6, 6.07) is 4.11. The van der Waals surface area contributed by atoms with Gasteiger partial charge < -0.3 is 10.1 Å². The van der Waals surface area contributed by atoms with Crippen molar-refractivity contribution in [3.63, 3.8) is 0 Å². The number of carbonyl (C=O) groups is 1. The van der Waals surface area contributed by atoms with Gasteiger partial charge in [-0.05, 0) is 24.1 Å². The molecule has 7 heteroatoms. The second-order valence-electron chi connectivity index (χ2n) is 4.51. The molecule has 106 valence electrons. The fourth-order valence-corrected chi connectivity index (χ4v) is 2.16. The standard InChI is InChI=1S/C12H18N2O4S/c1-8(2)7-14-12(15)9-4-5-10(18-3)11(6-9)19(13,16)17/h4-6,8H,7H2,1-3H3,(H,14,15)(H2,13,16,17). The van der Waals surface area contributed by atoms with Crippen molar-refractivity contribution in [3.8, 4) is 5.75 Å². The number of methoxy groups -OCH3 is 1. The number of amides is 1. The zero-order valence-electron chi connectivity index (χ0n) is 11.1. The third kappa shape index (κ3) is 4.22. The minimum absolute atomic E-state index is 0.114. The van der Waals surface area contributed by atoms with E-state index in [9.17, 15) is 13.2 Å². The van der Waals surface area contributed by atoms with Crippen LogP contribution < -0.4 is 15.2 Å². The highest BCUT2D eigenvalue weighted by Crippen LogP contribution is 2.23. The second kappa shape index (κ2) is 6.03. The predicted octanol–water partition coefficient (Wildman–Crippen LogP) is 0.728. The lowest BCUT2D eigenvalue weighted by Crippen LogP contribution is -2.27. The number of carbonyl (C=O) groups excluding carboxylic acids is 1. The molecule has 0 saturated heterocycles. The number of rotatable bonds is 5. The first-order valence-corrected chi connectivity index (χ1v) is 7.29. The van der Waals surface area contributed by atoms with E-state index in [4.69, 9.17) is 9.88 Å². The minimum atomic E-state index is -3.94. The van der Waals surface area contributed by atoms with E-state index < -0.39 is 10.0 Å². The zero-order chi connectivity index (χ0) is 14.6. The fourth-order valence-electron chi connectivity index (χ4n) is 1.44. The Morgan fingerprint density at radius 3 is 2.53 bits per heavy atom. The highest BCUT2D eigenvalue weighted by Gasteiger charge is 2.17. The Hall–Kier alpha value is -1.60. The van der Waals surface area contributed by atoms with E-state index in [1.807, 2.05) is 13.8 Å². The molecule has 0 atom stereocenters. The largest absolute Gasteiger partial charge is 0.495 e. The molecular weight excluding hydrogens is 268 g/mol. The summed E-state index contributed by atoms with van der Waals surface area (Å²) in [7, 11) is -2.60. The van der Waals surface area contributed by atoms with Crippen LogP contribution in [-0.2, 0) is 10.0 Å². The number of nitrogens with two attached hydrogens (primary N) is 1. The first-order chi connectivity index (χ1) is 8.75. The quantitative estimate of drug-likeness (QED) is 0.833. The number of ether oxygens (including phenoxy) is 1. The molecule has 0 unspecified atom stereocenters. The molecule has 1 rings (SSSR count). The molecule has 0 aromatic heterocycles. The van der Waals surface area contributed by atoms with Crippen molar-refractivity contribution >= 4 is 15.9 Å². The Kier molecular flexibility index (Phi) is 4.90. The summed E-state index contributed by atoms with van der Waals surface area (Å²) in [4.78, 5) is 11.6. The topological polar surface area (TPSA) is 98.5 Å². The van der Waals surface area contributed by atoms with Crippen LogP contribution in [0, 0.1) is 5.92 Å². The number of nitrogens with one attached hydrogen (secondary N) is 1. The summed E-state index contributed by atoms with van der Waals surface area (Å²) in [5.74, 6) is 0.0732. The van der Waals surface area contributed by atoms with Crippen molar-refractivity contribution < 1.29 is 17.9 Å². The SMILES string of the molecule is COc1ccc(C(=O)NCC(C)C)cc1S(N)(=O)=O. The first-order valence-electron chi connectivity index (χ1n) is 5.74. The number of hydrogen-bond acceptors (Lipinski definition) is 4. The highest BCUT2D eigenvalue weighted by molar-refractivity contribution is 7.89. The highest BCUT2D eigenvalue weighted by atomic mass is 32.2. The molecule has 6 nitrogen and oxygen atoms in total. The minimum Gasteiger partial charge on any atom is -0.495 e. The van der Waals surface area contributed by atoms with Gasteiger partial charge in [-0.1, -0.05) is 13.8 Å². The molecule has 0 heterocycles. The van der Waals surface area contributed by atoms with E-state index in [0.29, 0.717) is 12.5 Å². The van der Waals surface area contributed by atoms with E-state index in [2.05, 4.69) is 5.32 Å². The Morgan fingerprint density at radius 2 is 2.05 bits per heavy atom. The molecule has 1 aromatic carbocycles. The van der Waals surface area contributed by atoms with Crippen molar-refractivity contribution in [1.29, 1.82) is 0 Å². The van der Waals surface area contributed by atoms with Gasteiger partial charge in [0.25, 0.3) is 5.91 Å². The third-order valence-corrected chi connectivity index (χ3v) is 3.34. The Bertz CT molecular complexity index is 567. The molecule has 1 aromatic rings. The number of benzene rings is 1. The normalized spacial score (nSPS) is 11.4. The first kappa shape index (κ1) is 15.5. The van der Waals surface area contributed by atoms with Crippen molar-refractivity contribution in [2.45, 2.75) is 18.7 Å². The van der Waals surface area contributed by atoms with Gasteiger partial charge in [-0.25, -0.2) is 13.6 Å². The molecule has 0 fully saturated rings. The van der Waals surface area contributed by atoms with E-state index in [1.165, 1.54) is 25.3 Å². The molecular formula is C12H18N2O4S. The number of sulfonamides is 1. The van der Waals surface area contributed by atoms with E-state index in [0.717, 1.165) is 0 Å². The van der Waals surface area contributed by atoms with Gasteiger partial charge in [-0.3, -0.25) is 4.79 Å². The maximum absolute atomic E-state index is 11.8. The van der Waals surface area contributed by atoms with Gasteiger partial charge in [0.15, 0.2) is 0 Å². The molecule has 0 aliphatic heterocycles. The van der Waals surface area contributed by atoms with Crippen LogP contribution in [0.4, 0.5) is 0 Å². The van der Waals surface area contributed by atoms with Crippen LogP contribution in [0.15, 0.2) is 23.1 Å². The third-order valence-electron chi connectivity index (χ3n) is 2.40. The molecule has 0 bridgehead atoms. The Morgan fingerprint density at radius 1 is 1.42 bits per heavy atom. The summed E-state index contributed by atoms with van der Waals surface area (Å²) in [5.41, 5.74) is 0.227. The summed E-state index contributed by atoms with van der Waals surface area (Å²) >= 11 is 0. The second-order valence-corrected chi connectivity index (χ2v) is 6.04. The van der Waals surface area contributed by atoms with Crippen LogP contribution in [0.2, 0.25) is 0 Å². The zero-order valence-corrected chi connectivity index (χ0v) is 12.0. The van der Waals surface area contributed by atoms with E-state index >= 15 is 0 Å². The Balaban J connectivity index is 3.09. The number of hydrogen-bond donors (Lipinski definition) is 2. The van der Waals surface area contributed by atoms with E-state index in [1.54, 1.807) is 0 Å². The lowest BCUT2D eigenvalue weighted by atomic mass is 10.2. The molecule has 1 amide bonds. The summed E-state index contributed by atoms with van der Waals surface area (Å²) in [6.07, 6.45) is 0. The van der Waals surface area contributed by atoms with Gasteiger partial charge in [-0.15, -0.1) is 0 Å². The van der Waals surface area contributed by atoms with Crippen LogP contribution >= 0.6 is 0 Å². The van der Waals surface area contributed by atoms with Gasteiger partial charge >= 0.3 is 0 Å². The molecule has 0 aliphatic carbocycles. The average Bonchev–Trinajstić information content (AvgIpc) is 2.34. The molecule has 0 aliphatic rings. The predicted molar refractivity (Wildman–Crippen MR) is 71.5 cm³/mol. The molecule has 0 radical (unpaired) electrons. The van der Waals surface area contributed by atoms with Gasteiger partial charge in [-0.2, -0.15) is 0 Å². The molecule has 0 saturated carbocycles. The van der Waals surface area contributed by atoms with Crippen molar-refractivity contribution in [2.24, 2.45) is 11.1 Å². The lowest BCUT2D eigenvalue weighted by Gasteiger charge is -2.10. The lowest BCUT2D eigenvalue weighted by molar-refractivity contribution is 0.0948. The van der Waals surface area contributed by atoms with Crippen LogP contribution in [0.25, 0.3) is 0 Å². The number of primary sulfonamides is 1. The van der Waals surface area contributed by atoms with Gasteiger partial charge in [0, 0.05) is 12.1 Å². The summed E-state index contributed by atoms with van der Waals surface area (Å²) < 4.78 is 27.8. The molecule has 3 N–H and O–H groups in total. The van der Waals surface area contributed by atoms with Gasteiger partial charge in [0.2, 0.25) is 10.0 Å². The maximum Gasteiger partial charge on any atom is 0.251 e. The van der Waals surface area contributed by atoms with Crippen molar-refractivity contribution in [3.05, 3.63) is 23.8 Å². The monoisotopic (exact) mass is 286 g/mol. The van der Waals surface area contributed by atoms with E-state index in [-0.39, 0.29) is 22.1 Å². The fraction of sp³-hybridized carbons (Fsp3) is 0.417. The van der Waals surface area contributed by atoms with Crippen LogP contribution in [-0.4, -0.2) is 28.0 Å². The van der Waals surface area contributed by atoms with Crippen molar-refractivity contribution in [2.75, 3.05) is 13.7 Å². The Labute approximate surface area is 113 Å². The molecule has 0 spiro atoms. The van der Waals surface area contributed by atoms with Gasteiger partial charge in [0.05, 0.1) is 7.11 Å². The van der Waals surface area contributed by atoms with Crippen LogP contribution in [0.3, 0.4) is 0 Å². The molecule has 19 heavy (non-hydrogen) atoms. The van der Waals surface area contributed by atoms with Gasteiger partial charge in [0.1, 0.15) is 10.6 Å². The van der Waals surface area contributed by atoms with Crippen LogP contribution in [0.1, 0.15) is 24.2 Å². The van der Waals surface area contributed by atoms with Crippen LogP contribution in [0.5, 0.6) is 5.75 Å². The summed E-state index contributed by atoms with van der Waals surface area (Å²) in [5, 5.41) is 7.78. The van der Waals surface area contributed by atoms with Crippen molar-refractivity contribution in [1.82, 2.24) is 5.32 Å².